The number of phenolic OH excluding ortho intramolecular Hbond substituents is 1. The normalized spacial score (nSPS) is 32.8. The van der Waals surface area contributed by atoms with E-state index in [0.29, 0.717) is 17.6 Å². The number of ether oxygens (including phenoxy) is 1. The third-order valence-corrected chi connectivity index (χ3v) is 4.85. The highest BCUT2D eigenvalue weighted by Crippen LogP contribution is 2.50. The van der Waals surface area contributed by atoms with Crippen LogP contribution >= 0.6 is 0 Å². The molecule has 0 spiro atoms. The van der Waals surface area contributed by atoms with Crippen molar-refractivity contribution in [3.63, 3.8) is 0 Å². The molecule has 0 saturated carbocycles. The van der Waals surface area contributed by atoms with E-state index in [1.807, 2.05) is 12.1 Å². The van der Waals surface area contributed by atoms with Crippen molar-refractivity contribution >= 4 is 0 Å². The van der Waals surface area contributed by atoms with Crippen LogP contribution in [0, 0.1) is 11.8 Å². The van der Waals surface area contributed by atoms with Gasteiger partial charge < -0.3 is 9.84 Å². The number of hydrogen-bond acceptors (Lipinski definition) is 2. The topological polar surface area (TPSA) is 29.5 Å². The van der Waals surface area contributed by atoms with E-state index in [-0.39, 0.29) is 11.7 Å². The van der Waals surface area contributed by atoms with Crippen LogP contribution in [0.2, 0.25) is 0 Å². The van der Waals surface area contributed by atoms with E-state index in [1.165, 1.54) is 17.6 Å². The molecule has 1 aromatic carbocycles. The Morgan fingerprint density at radius 2 is 1.89 bits per heavy atom. The van der Waals surface area contributed by atoms with E-state index >= 15 is 0 Å². The number of benzene rings is 1. The molecule has 1 fully saturated rings. The molecule has 2 bridgehead atoms. The van der Waals surface area contributed by atoms with Crippen LogP contribution in [0.5, 0.6) is 5.75 Å². The fraction of sp³-hybridized carbons (Fsp3) is 0.529. The van der Waals surface area contributed by atoms with Gasteiger partial charge in [-0.15, -0.1) is 0 Å². The van der Waals surface area contributed by atoms with Gasteiger partial charge in [0.05, 0.1) is 11.7 Å². The summed E-state index contributed by atoms with van der Waals surface area (Å²) < 4.78 is 6.41. The van der Waals surface area contributed by atoms with Crippen molar-refractivity contribution in [1.82, 2.24) is 0 Å². The zero-order valence-electron chi connectivity index (χ0n) is 11.9. The minimum Gasteiger partial charge on any atom is -0.508 e. The van der Waals surface area contributed by atoms with Crippen molar-refractivity contribution in [1.29, 1.82) is 0 Å². The molecule has 1 saturated heterocycles. The van der Waals surface area contributed by atoms with Crippen LogP contribution in [0.1, 0.15) is 45.3 Å². The van der Waals surface area contributed by atoms with Gasteiger partial charge in [-0.1, -0.05) is 23.8 Å². The van der Waals surface area contributed by atoms with Gasteiger partial charge in [-0.2, -0.15) is 0 Å². The van der Waals surface area contributed by atoms with Crippen molar-refractivity contribution in [3.8, 4) is 5.75 Å². The zero-order valence-corrected chi connectivity index (χ0v) is 11.9. The maximum atomic E-state index is 9.43. The van der Waals surface area contributed by atoms with Crippen molar-refractivity contribution in [2.75, 3.05) is 0 Å². The molecule has 2 nitrogen and oxygen atoms in total. The standard InChI is InChI=1S/C17H22O2/c1-11-4-7-13-10-15(11)16(19-17(13,2)3)12-5-8-14(18)9-6-12/h4-6,8-9,13,15-16,18H,7,10H2,1-3H3/t13-,15+,16+/m0/s1. The van der Waals surface area contributed by atoms with Gasteiger partial charge in [0.25, 0.3) is 0 Å². The molecule has 1 aliphatic heterocycles. The number of aromatic hydroxyl groups is 1. The monoisotopic (exact) mass is 258 g/mol. The summed E-state index contributed by atoms with van der Waals surface area (Å²) in [5.41, 5.74) is 2.55. The minimum absolute atomic E-state index is 0.0732. The number of phenols is 1. The van der Waals surface area contributed by atoms with Crippen LogP contribution in [0.4, 0.5) is 0 Å². The lowest BCUT2D eigenvalue weighted by Crippen LogP contribution is -2.45. The summed E-state index contributed by atoms with van der Waals surface area (Å²) in [5.74, 6) is 1.42. The average Bonchev–Trinajstić information content (AvgIpc) is 2.37. The van der Waals surface area contributed by atoms with Gasteiger partial charge in [0.2, 0.25) is 0 Å². The second-order valence-electron chi connectivity index (χ2n) is 6.46. The van der Waals surface area contributed by atoms with Gasteiger partial charge in [0.1, 0.15) is 5.75 Å². The maximum absolute atomic E-state index is 9.43. The third-order valence-electron chi connectivity index (χ3n) is 4.85. The lowest BCUT2D eigenvalue weighted by atomic mass is 9.69. The molecule has 0 aromatic heterocycles. The van der Waals surface area contributed by atoms with E-state index in [2.05, 4.69) is 26.8 Å². The third kappa shape index (κ3) is 2.18. The molecule has 0 radical (unpaired) electrons. The first-order valence-electron chi connectivity index (χ1n) is 7.11. The quantitative estimate of drug-likeness (QED) is 0.764. The fourth-order valence-electron chi connectivity index (χ4n) is 3.47. The van der Waals surface area contributed by atoms with Crippen LogP contribution in [0.15, 0.2) is 35.9 Å². The molecule has 1 aliphatic carbocycles. The highest BCUT2D eigenvalue weighted by Gasteiger charge is 2.45. The van der Waals surface area contributed by atoms with Gasteiger partial charge in [-0.05, 0) is 57.2 Å². The summed E-state index contributed by atoms with van der Waals surface area (Å²) in [6, 6.07) is 7.47. The summed E-state index contributed by atoms with van der Waals surface area (Å²) in [6.45, 7) is 6.63. The van der Waals surface area contributed by atoms with E-state index in [0.717, 1.165) is 6.42 Å². The van der Waals surface area contributed by atoms with Gasteiger partial charge in [0, 0.05) is 5.92 Å². The Kier molecular flexibility index (Phi) is 2.94. The van der Waals surface area contributed by atoms with E-state index in [9.17, 15) is 5.11 Å². The minimum atomic E-state index is -0.0732. The molecule has 3 atom stereocenters. The molecule has 1 heterocycles. The second kappa shape index (κ2) is 4.38. The molecule has 19 heavy (non-hydrogen) atoms. The Balaban J connectivity index is 1.97. The van der Waals surface area contributed by atoms with Crippen molar-refractivity contribution in [2.45, 2.75) is 45.3 Å². The smallest absolute Gasteiger partial charge is 0.115 e. The molecule has 102 valence electrons. The molecule has 3 rings (SSSR count). The Morgan fingerprint density at radius 1 is 1.21 bits per heavy atom. The number of allylic oxidation sites excluding steroid dienone is 1. The van der Waals surface area contributed by atoms with Crippen molar-refractivity contribution in [3.05, 3.63) is 41.5 Å². The zero-order chi connectivity index (χ0) is 13.6. The van der Waals surface area contributed by atoms with Crippen LogP contribution in [-0.4, -0.2) is 10.7 Å². The number of hydrogen-bond donors (Lipinski definition) is 1. The first-order chi connectivity index (χ1) is 8.97. The maximum Gasteiger partial charge on any atom is 0.115 e. The highest BCUT2D eigenvalue weighted by atomic mass is 16.5. The van der Waals surface area contributed by atoms with Crippen LogP contribution in [0.25, 0.3) is 0 Å². The van der Waals surface area contributed by atoms with Crippen LogP contribution < -0.4 is 0 Å². The second-order valence-corrected chi connectivity index (χ2v) is 6.46. The highest BCUT2D eigenvalue weighted by molar-refractivity contribution is 5.30. The number of fused-ring (bicyclic) bond motifs is 2. The first kappa shape index (κ1) is 12.7. The van der Waals surface area contributed by atoms with Crippen LogP contribution in [-0.2, 0) is 4.74 Å². The SMILES string of the molecule is CC1=CC[C@H]2C[C@H]1[C@@H](c1ccc(O)cc1)OC2(C)C. The summed E-state index contributed by atoms with van der Waals surface area (Å²) in [7, 11) is 0. The predicted molar refractivity (Wildman–Crippen MR) is 76.0 cm³/mol. The molecule has 1 aromatic rings. The van der Waals surface area contributed by atoms with Gasteiger partial charge in [-0.3, -0.25) is 0 Å². The average molecular weight is 258 g/mol. The summed E-state index contributed by atoms with van der Waals surface area (Å²) in [5, 5.41) is 9.43. The Bertz CT molecular complexity index is 498. The summed E-state index contributed by atoms with van der Waals surface area (Å²) in [4.78, 5) is 0. The Hall–Kier alpha value is -1.28. The van der Waals surface area contributed by atoms with E-state index in [4.69, 9.17) is 4.74 Å². The summed E-state index contributed by atoms with van der Waals surface area (Å²) >= 11 is 0. The molecule has 0 unspecified atom stereocenters. The van der Waals surface area contributed by atoms with Gasteiger partial charge >= 0.3 is 0 Å². The molecule has 2 heteroatoms. The fourth-order valence-corrected chi connectivity index (χ4v) is 3.47. The summed E-state index contributed by atoms with van der Waals surface area (Å²) in [6.07, 6.45) is 4.85. The lowest BCUT2D eigenvalue weighted by molar-refractivity contribution is -0.166. The van der Waals surface area contributed by atoms with Crippen LogP contribution in [0.3, 0.4) is 0 Å². The van der Waals surface area contributed by atoms with Gasteiger partial charge in [0.15, 0.2) is 0 Å². The lowest BCUT2D eigenvalue weighted by Gasteiger charge is -2.49. The largest absolute Gasteiger partial charge is 0.508 e. The van der Waals surface area contributed by atoms with Crippen molar-refractivity contribution < 1.29 is 9.84 Å². The van der Waals surface area contributed by atoms with E-state index in [1.54, 1.807) is 12.1 Å². The van der Waals surface area contributed by atoms with E-state index < -0.39 is 0 Å². The van der Waals surface area contributed by atoms with Crippen molar-refractivity contribution in [2.24, 2.45) is 11.8 Å². The Labute approximate surface area is 115 Å². The predicted octanol–water partition coefficient (Wildman–Crippen LogP) is 4.21. The van der Waals surface area contributed by atoms with Gasteiger partial charge in [-0.25, -0.2) is 0 Å². The molecular weight excluding hydrogens is 236 g/mol. The molecule has 1 N–H and O–H groups in total. The number of rotatable bonds is 1. The molecule has 0 amide bonds. The molecule has 2 aliphatic rings. The first-order valence-corrected chi connectivity index (χ1v) is 7.11. The Morgan fingerprint density at radius 3 is 2.58 bits per heavy atom. The molecular formula is C17H22O2.